The predicted octanol–water partition coefficient (Wildman–Crippen LogP) is 3.44. The second-order valence-corrected chi connectivity index (χ2v) is 6.71. The van der Waals surface area contributed by atoms with Gasteiger partial charge in [-0.1, -0.05) is 35.2 Å². The average molecular weight is 304 g/mol. The molecule has 0 spiro atoms. The van der Waals surface area contributed by atoms with Crippen LogP contribution in [-0.4, -0.2) is 42.1 Å². The lowest BCUT2D eigenvalue weighted by atomic mass is 9.75. The van der Waals surface area contributed by atoms with Crippen LogP contribution in [0.15, 0.2) is 0 Å². The molecule has 2 aliphatic rings. The quantitative estimate of drug-likeness (QED) is 0.741. The molecular formula is C14H26BrNO. The predicted molar refractivity (Wildman–Crippen MR) is 75.8 cm³/mol. The van der Waals surface area contributed by atoms with E-state index in [4.69, 9.17) is 4.74 Å². The van der Waals surface area contributed by atoms with Gasteiger partial charge in [0.15, 0.2) is 0 Å². The van der Waals surface area contributed by atoms with Gasteiger partial charge in [-0.25, -0.2) is 0 Å². The molecule has 17 heavy (non-hydrogen) atoms. The van der Waals surface area contributed by atoms with Gasteiger partial charge in [-0.2, -0.15) is 0 Å². The van der Waals surface area contributed by atoms with Crippen LogP contribution in [0, 0.1) is 5.41 Å². The number of rotatable bonds is 3. The summed E-state index contributed by atoms with van der Waals surface area (Å²) in [6, 6.07) is 0. The Hall–Kier alpha value is 0.400. The van der Waals surface area contributed by atoms with Crippen molar-refractivity contribution in [3.05, 3.63) is 0 Å². The number of morpholine rings is 1. The highest BCUT2D eigenvalue weighted by atomic mass is 79.9. The standard InChI is InChI=1S/C14H26BrNO/c1-12-8-16(9-13(2)17-12)11-14(10-15)6-4-3-5-7-14/h12-13H,3-11H2,1-2H3/t12-,13+. The van der Waals surface area contributed by atoms with Crippen LogP contribution in [0.25, 0.3) is 0 Å². The highest BCUT2D eigenvalue weighted by molar-refractivity contribution is 9.09. The van der Waals surface area contributed by atoms with Crippen molar-refractivity contribution in [1.82, 2.24) is 4.90 Å². The van der Waals surface area contributed by atoms with Crippen LogP contribution in [0.5, 0.6) is 0 Å². The molecule has 1 aliphatic carbocycles. The monoisotopic (exact) mass is 303 g/mol. The summed E-state index contributed by atoms with van der Waals surface area (Å²) in [7, 11) is 0. The molecule has 0 N–H and O–H groups in total. The highest BCUT2D eigenvalue weighted by Gasteiger charge is 2.34. The second kappa shape index (κ2) is 6.03. The van der Waals surface area contributed by atoms with E-state index in [2.05, 4.69) is 34.7 Å². The van der Waals surface area contributed by atoms with Crippen molar-refractivity contribution in [3.63, 3.8) is 0 Å². The molecule has 0 bridgehead atoms. The third kappa shape index (κ3) is 3.68. The fourth-order valence-corrected chi connectivity index (χ4v) is 4.26. The van der Waals surface area contributed by atoms with E-state index in [1.54, 1.807) is 0 Å². The normalized spacial score (nSPS) is 34.8. The summed E-state index contributed by atoms with van der Waals surface area (Å²) in [4.78, 5) is 2.63. The first-order valence-electron chi connectivity index (χ1n) is 7.07. The second-order valence-electron chi connectivity index (χ2n) is 6.15. The van der Waals surface area contributed by atoms with Crippen molar-refractivity contribution in [2.75, 3.05) is 25.0 Å². The van der Waals surface area contributed by atoms with E-state index in [-0.39, 0.29) is 0 Å². The molecule has 1 saturated carbocycles. The summed E-state index contributed by atoms with van der Waals surface area (Å²) in [5.74, 6) is 0. The topological polar surface area (TPSA) is 12.5 Å². The van der Waals surface area contributed by atoms with E-state index in [0.717, 1.165) is 13.1 Å². The third-order valence-corrected chi connectivity index (χ3v) is 5.44. The van der Waals surface area contributed by atoms with Gasteiger partial charge >= 0.3 is 0 Å². The van der Waals surface area contributed by atoms with Crippen LogP contribution >= 0.6 is 15.9 Å². The first kappa shape index (κ1) is 13.8. The minimum Gasteiger partial charge on any atom is -0.373 e. The van der Waals surface area contributed by atoms with Gasteiger partial charge in [-0.15, -0.1) is 0 Å². The van der Waals surface area contributed by atoms with Gasteiger partial charge in [0.25, 0.3) is 0 Å². The largest absolute Gasteiger partial charge is 0.373 e. The zero-order valence-corrected chi connectivity index (χ0v) is 12.8. The summed E-state index contributed by atoms with van der Waals surface area (Å²) in [5.41, 5.74) is 0.537. The van der Waals surface area contributed by atoms with Crippen LogP contribution in [0.1, 0.15) is 46.0 Å². The summed E-state index contributed by atoms with van der Waals surface area (Å²) in [5, 5.41) is 1.17. The van der Waals surface area contributed by atoms with Crippen molar-refractivity contribution in [3.8, 4) is 0 Å². The zero-order valence-electron chi connectivity index (χ0n) is 11.3. The molecule has 100 valence electrons. The minimum atomic E-state index is 0.398. The Labute approximate surface area is 114 Å². The Kier molecular flexibility index (Phi) is 4.90. The van der Waals surface area contributed by atoms with Crippen molar-refractivity contribution in [2.24, 2.45) is 5.41 Å². The number of halogens is 1. The first-order chi connectivity index (χ1) is 8.13. The number of ether oxygens (including phenoxy) is 1. The fraction of sp³-hybridized carbons (Fsp3) is 1.00. The van der Waals surface area contributed by atoms with Crippen LogP contribution in [0.4, 0.5) is 0 Å². The Balaban J connectivity index is 1.93. The third-order valence-electron chi connectivity index (χ3n) is 4.25. The lowest BCUT2D eigenvalue weighted by molar-refractivity contribution is -0.0784. The highest BCUT2D eigenvalue weighted by Crippen LogP contribution is 2.39. The molecule has 1 heterocycles. The van der Waals surface area contributed by atoms with Gasteiger partial charge < -0.3 is 4.74 Å². The van der Waals surface area contributed by atoms with Crippen LogP contribution < -0.4 is 0 Å². The van der Waals surface area contributed by atoms with Crippen molar-refractivity contribution >= 4 is 15.9 Å². The molecule has 0 radical (unpaired) electrons. The van der Waals surface area contributed by atoms with Gasteiger partial charge in [-0.3, -0.25) is 4.90 Å². The molecule has 2 rings (SSSR count). The summed E-state index contributed by atoms with van der Waals surface area (Å²) < 4.78 is 5.82. The van der Waals surface area contributed by atoms with E-state index in [9.17, 15) is 0 Å². The molecule has 1 saturated heterocycles. The molecule has 0 unspecified atom stereocenters. The Morgan fingerprint density at radius 1 is 1.12 bits per heavy atom. The maximum absolute atomic E-state index is 5.82. The molecule has 1 aliphatic heterocycles. The van der Waals surface area contributed by atoms with Crippen molar-refractivity contribution in [2.45, 2.75) is 58.2 Å². The molecule has 0 aromatic heterocycles. The molecule has 2 fully saturated rings. The Bertz CT molecular complexity index is 230. The van der Waals surface area contributed by atoms with E-state index in [1.165, 1.54) is 44.0 Å². The zero-order chi connectivity index (χ0) is 12.3. The van der Waals surface area contributed by atoms with Gasteiger partial charge in [0.1, 0.15) is 0 Å². The number of hydrogen-bond donors (Lipinski definition) is 0. The molecule has 0 aromatic carbocycles. The fourth-order valence-electron chi connectivity index (χ4n) is 3.52. The SMILES string of the molecule is C[C@@H]1CN(CC2(CBr)CCCCC2)C[C@H](C)O1. The number of hydrogen-bond acceptors (Lipinski definition) is 2. The lowest BCUT2D eigenvalue weighted by Gasteiger charge is -2.43. The smallest absolute Gasteiger partial charge is 0.0678 e. The Morgan fingerprint density at radius 2 is 1.71 bits per heavy atom. The molecule has 3 heteroatoms. The van der Waals surface area contributed by atoms with Crippen LogP contribution in [0.3, 0.4) is 0 Å². The summed E-state index contributed by atoms with van der Waals surface area (Å²) in [6.45, 7) is 7.88. The number of nitrogens with zero attached hydrogens (tertiary/aromatic N) is 1. The van der Waals surface area contributed by atoms with Gasteiger partial charge in [-0.05, 0) is 32.1 Å². The van der Waals surface area contributed by atoms with E-state index >= 15 is 0 Å². The lowest BCUT2D eigenvalue weighted by Crippen LogP contribution is -2.50. The van der Waals surface area contributed by atoms with Gasteiger partial charge in [0.05, 0.1) is 12.2 Å². The molecule has 2 atom stereocenters. The van der Waals surface area contributed by atoms with Crippen LogP contribution in [0.2, 0.25) is 0 Å². The maximum Gasteiger partial charge on any atom is 0.0678 e. The average Bonchev–Trinajstić information content (AvgIpc) is 2.29. The van der Waals surface area contributed by atoms with Gasteiger partial charge in [0.2, 0.25) is 0 Å². The van der Waals surface area contributed by atoms with Crippen molar-refractivity contribution in [1.29, 1.82) is 0 Å². The van der Waals surface area contributed by atoms with E-state index in [1.807, 2.05) is 0 Å². The first-order valence-corrected chi connectivity index (χ1v) is 8.19. The number of alkyl halides is 1. The minimum absolute atomic E-state index is 0.398. The maximum atomic E-state index is 5.82. The van der Waals surface area contributed by atoms with E-state index in [0.29, 0.717) is 17.6 Å². The van der Waals surface area contributed by atoms with Crippen molar-refractivity contribution < 1.29 is 4.74 Å². The van der Waals surface area contributed by atoms with Gasteiger partial charge in [0, 0.05) is 25.0 Å². The van der Waals surface area contributed by atoms with Crippen LogP contribution in [-0.2, 0) is 4.74 Å². The summed E-state index contributed by atoms with van der Waals surface area (Å²) in [6.07, 6.45) is 7.87. The Morgan fingerprint density at radius 3 is 2.24 bits per heavy atom. The summed E-state index contributed by atoms with van der Waals surface area (Å²) >= 11 is 3.77. The molecular weight excluding hydrogens is 278 g/mol. The van der Waals surface area contributed by atoms with E-state index < -0.39 is 0 Å². The molecule has 0 amide bonds. The molecule has 2 nitrogen and oxygen atoms in total. The molecule has 0 aromatic rings.